The quantitative estimate of drug-likeness (QED) is 0.710. The summed E-state index contributed by atoms with van der Waals surface area (Å²) in [4.78, 5) is 25.2. The molecule has 0 spiro atoms. The molecule has 0 unspecified atom stereocenters. The Bertz CT molecular complexity index is 1120. The number of halogens is 2. The lowest BCUT2D eigenvalue weighted by atomic mass is 10.1. The van der Waals surface area contributed by atoms with E-state index in [0.29, 0.717) is 22.6 Å². The second-order valence-electron chi connectivity index (χ2n) is 7.05. The maximum atomic E-state index is 14.0. The van der Waals surface area contributed by atoms with E-state index in [1.807, 2.05) is 4.68 Å². The molecule has 28 heavy (non-hydrogen) atoms. The van der Waals surface area contributed by atoms with Crippen molar-refractivity contribution in [1.82, 2.24) is 24.9 Å². The molecule has 9 heteroatoms. The van der Waals surface area contributed by atoms with E-state index in [9.17, 15) is 14.0 Å². The van der Waals surface area contributed by atoms with Gasteiger partial charge in [0.2, 0.25) is 5.91 Å². The van der Waals surface area contributed by atoms with E-state index in [2.05, 4.69) is 15.5 Å². The zero-order valence-corrected chi connectivity index (χ0v) is 16.2. The van der Waals surface area contributed by atoms with Gasteiger partial charge in [0.1, 0.15) is 12.4 Å². The molecular weight excluding hydrogens is 385 g/mol. The Balaban J connectivity index is 1.56. The van der Waals surface area contributed by atoms with Gasteiger partial charge in [0, 0.05) is 10.6 Å². The second-order valence-corrected chi connectivity index (χ2v) is 7.46. The molecule has 0 bridgehead atoms. The minimum absolute atomic E-state index is 0.204. The highest BCUT2D eigenvalue weighted by atomic mass is 35.5. The first-order chi connectivity index (χ1) is 13.4. The molecule has 1 fully saturated rings. The monoisotopic (exact) mass is 403 g/mol. The fourth-order valence-corrected chi connectivity index (χ4v) is 3.72. The van der Waals surface area contributed by atoms with Gasteiger partial charge in [-0.1, -0.05) is 17.7 Å². The van der Waals surface area contributed by atoms with E-state index in [4.69, 9.17) is 11.6 Å². The molecule has 2 aromatic heterocycles. The van der Waals surface area contributed by atoms with Gasteiger partial charge in [-0.05, 0) is 38.8 Å². The van der Waals surface area contributed by atoms with E-state index in [1.165, 1.54) is 12.1 Å². The molecule has 1 amide bonds. The number of fused-ring (bicyclic) bond motifs is 1. The van der Waals surface area contributed by atoms with Crippen LogP contribution >= 0.6 is 11.6 Å². The number of carbonyl (C=O) groups is 1. The van der Waals surface area contributed by atoms with E-state index in [0.717, 1.165) is 17.5 Å². The molecule has 1 saturated carbocycles. The molecule has 3 aromatic rings. The first kappa shape index (κ1) is 18.6. The largest absolute Gasteiger partial charge is 0.348 e. The summed E-state index contributed by atoms with van der Waals surface area (Å²) in [7, 11) is 0. The van der Waals surface area contributed by atoms with Crippen LogP contribution in [0.5, 0.6) is 0 Å². The number of nitrogens with one attached hydrogen (secondary N) is 1. The molecule has 2 heterocycles. The fraction of sp³-hybridized carbons (Fsp3) is 0.368. The zero-order valence-electron chi connectivity index (χ0n) is 15.4. The van der Waals surface area contributed by atoms with Crippen LogP contribution in [0, 0.1) is 12.7 Å². The van der Waals surface area contributed by atoms with Gasteiger partial charge in [0.15, 0.2) is 0 Å². The molecule has 0 aliphatic heterocycles. The molecule has 1 atom stereocenters. The third kappa shape index (κ3) is 3.28. The first-order valence-electron chi connectivity index (χ1n) is 9.05. The number of aryl methyl sites for hydroxylation is 1. The molecule has 0 radical (unpaired) electrons. The van der Waals surface area contributed by atoms with Crippen LogP contribution in [0.15, 0.2) is 29.2 Å². The van der Waals surface area contributed by atoms with Gasteiger partial charge in [0.25, 0.3) is 5.56 Å². The van der Waals surface area contributed by atoms with Crippen molar-refractivity contribution in [3.63, 3.8) is 0 Å². The van der Waals surface area contributed by atoms with Gasteiger partial charge in [-0.2, -0.15) is 10.2 Å². The normalized spacial score (nSPS) is 15.0. The summed E-state index contributed by atoms with van der Waals surface area (Å²) < 4.78 is 17.0. The molecule has 1 aliphatic carbocycles. The molecule has 146 valence electrons. The van der Waals surface area contributed by atoms with Gasteiger partial charge in [-0.3, -0.25) is 14.3 Å². The summed E-state index contributed by atoms with van der Waals surface area (Å²) in [5.41, 5.74) is 1.14. The van der Waals surface area contributed by atoms with Gasteiger partial charge in [-0.15, -0.1) is 0 Å². The molecule has 1 aliphatic rings. The third-order valence-corrected chi connectivity index (χ3v) is 5.22. The van der Waals surface area contributed by atoms with Gasteiger partial charge in [0.05, 0.1) is 34.9 Å². The Hall–Kier alpha value is -2.74. The molecule has 7 nitrogen and oxygen atoms in total. The van der Waals surface area contributed by atoms with Crippen LogP contribution in [-0.4, -0.2) is 25.5 Å². The molecule has 1 N–H and O–H groups in total. The van der Waals surface area contributed by atoms with E-state index in [-0.39, 0.29) is 22.7 Å². The predicted octanol–water partition coefficient (Wildman–Crippen LogP) is 2.91. The Morgan fingerprint density at radius 2 is 2.18 bits per heavy atom. The van der Waals surface area contributed by atoms with Crippen LogP contribution < -0.4 is 10.9 Å². The van der Waals surface area contributed by atoms with Gasteiger partial charge in [-0.25, -0.2) is 9.07 Å². The third-order valence-electron chi connectivity index (χ3n) is 4.89. The highest BCUT2D eigenvalue weighted by Crippen LogP contribution is 2.36. The van der Waals surface area contributed by atoms with Crippen molar-refractivity contribution in [1.29, 1.82) is 0 Å². The Morgan fingerprint density at radius 1 is 1.43 bits per heavy atom. The number of rotatable bonds is 5. The van der Waals surface area contributed by atoms with Crippen molar-refractivity contribution >= 4 is 28.4 Å². The van der Waals surface area contributed by atoms with Crippen molar-refractivity contribution in [3.05, 3.63) is 56.8 Å². The summed E-state index contributed by atoms with van der Waals surface area (Å²) in [5, 5.41) is 11.9. The standard InChI is InChI=1S/C19H19ClFN5O2/c1-10(17-13(20)4-3-5-14(17)21)23-16(27)9-25-19(28)18-11(2)24-26(12-6-7-12)15(18)8-22-25/h3-5,8,10,12H,6-7,9H2,1-2H3,(H,23,27)/t10-/m0/s1. The highest BCUT2D eigenvalue weighted by Gasteiger charge is 2.28. The number of nitrogens with zero attached hydrogens (tertiary/aromatic N) is 4. The van der Waals surface area contributed by atoms with Crippen LogP contribution in [0.4, 0.5) is 4.39 Å². The lowest BCUT2D eigenvalue weighted by Crippen LogP contribution is -2.35. The Kier molecular flexibility index (Phi) is 4.66. The number of aromatic nitrogens is 4. The van der Waals surface area contributed by atoms with Crippen LogP contribution in [0.2, 0.25) is 5.02 Å². The average Bonchev–Trinajstić information content (AvgIpc) is 3.41. The molecule has 0 saturated heterocycles. The number of benzene rings is 1. The van der Waals surface area contributed by atoms with Crippen LogP contribution in [0.1, 0.15) is 43.1 Å². The lowest BCUT2D eigenvalue weighted by Gasteiger charge is -2.16. The molecular formula is C19H19ClFN5O2. The van der Waals surface area contributed by atoms with E-state index >= 15 is 0 Å². The average molecular weight is 404 g/mol. The maximum absolute atomic E-state index is 14.0. The maximum Gasteiger partial charge on any atom is 0.278 e. The van der Waals surface area contributed by atoms with Gasteiger partial charge >= 0.3 is 0 Å². The highest BCUT2D eigenvalue weighted by molar-refractivity contribution is 6.31. The van der Waals surface area contributed by atoms with E-state index < -0.39 is 17.8 Å². The molecule has 1 aromatic carbocycles. The molecule has 4 rings (SSSR count). The second kappa shape index (κ2) is 7.01. The SMILES string of the molecule is Cc1nn(C2CC2)c2cnn(CC(=O)N[C@@H](C)c3c(F)cccc3Cl)c(=O)c12. The number of hydrogen-bond donors (Lipinski definition) is 1. The van der Waals surface area contributed by atoms with E-state index in [1.54, 1.807) is 26.1 Å². The van der Waals surface area contributed by atoms with Crippen LogP contribution in [-0.2, 0) is 11.3 Å². The summed E-state index contributed by atoms with van der Waals surface area (Å²) in [6, 6.07) is 4.01. The summed E-state index contributed by atoms with van der Waals surface area (Å²) in [6.45, 7) is 3.12. The zero-order chi connectivity index (χ0) is 20.0. The van der Waals surface area contributed by atoms with Crippen LogP contribution in [0.25, 0.3) is 10.9 Å². The lowest BCUT2D eigenvalue weighted by molar-refractivity contribution is -0.122. The number of hydrogen-bond acceptors (Lipinski definition) is 4. The Morgan fingerprint density at radius 3 is 2.86 bits per heavy atom. The van der Waals surface area contributed by atoms with Crippen molar-refractivity contribution in [2.75, 3.05) is 0 Å². The minimum Gasteiger partial charge on any atom is -0.348 e. The summed E-state index contributed by atoms with van der Waals surface area (Å²) >= 11 is 6.04. The van der Waals surface area contributed by atoms with Crippen molar-refractivity contribution in [2.45, 2.75) is 45.3 Å². The van der Waals surface area contributed by atoms with Crippen molar-refractivity contribution < 1.29 is 9.18 Å². The van der Waals surface area contributed by atoms with Crippen molar-refractivity contribution in [3.8, 4) is 0 Å². The predicted molar refractivity (Wildman–Crippen MR) is 103 cm³/mol. The van der Waals surface area contributed by atoms with Crippen LogP contribution in [0.3, 0.4) is 0 Å². The summed E-state index contributed by atoms with van der Waals surface area (Å²) in [5.74, 6) is -0.965. The number of amides is 1. The topological polar surface area (TPSA) is 81.8 Å². The minimum atomic E-state index is -0.653. The Labute approximate surface area is 165 Å². The summed E-state index contributed by atoms with van der Waals surface area (Å²) in [6.07, 6.45) is 3.65. The number of carbonyl (C=O) groups excluding carboxylic acids is 1. The van der Waals surface area contributed by atoms with Gasteiger partial charge < -0.3 is 5.32 Å². The smallest absolute Gasteiger partial charge is 0.278 e. The van der Waals surface area contributed by atoms with Crippen molar-refractivity contribution in [2.24, 2.45) is 0 Å². The fourth-order valence-electron chi connectivity index (χ4n) is 3.39. The first-order valence-corrected chi connectivity index (χ1v) is 9.43.